The van der Waals surface area contributed by atoms with Crippen LogP contribution in [0.3, 0.4) is 0 Å². The molecule has 2 aromatic rings. The van der Waals surface area contributed by atoms with Crippen molar-refractivity contribution in [3.63, 3.8) is 0 Å². The van der Waals surface area contributed by atoms with E-state index in [1.54, 1.807) is 12.3 Å². The molecule has 0 radical (unpaired) electrons. The third-order valence-electron chi connectivity index (χ3n) is 2.20. The monoisotopic (exact) mass is 230 g/mol. The Balaban J connectivity index is 2.21. The van der Waals surface area contributed by atoms with Crippen LogP contribution in [0, 0.1) is 0 Å². The van der Waals surface area contributed by atoms with Gasteiger partial charge in [0.25, 0.3) is 0 Å². The molecule has 0 amide bonds. The van der Waals surface area contributed by atoms with Gasteiger partial charge in [-0.1, -0.05) is 6.07 Å². The van der Waals surface area contributed by atoms with Crippen molar-refractivity contribution in [2.75, 3.05) is 24.7 Å². The van der Waals surface area contributed by atoms with E-state index in [9.17, 15) is 0 Å². The van der Waals surface area contributed by atoms with Gasteiger partial charge in [0.15, 0.2) is 0 Å². The first-order chi connectivity index (χ1) is 8.15. The van der Waals surface area contributed by atoms with Gasteiger partial charge in [-0.25, -0.2) is 4.98 Å². The molecule has 0 aliphatic rings. The quantitative estimate of drug-likeness (QED) is 0.872. The van der Waals surface area contributed by atoms with Gasteiger partial charge in [-0.05, 0) is 18.2 Å². The minimum atomic E-state index is 0.251. The zero-order chi connectivity index (χ0) is 12.3. The number of nitrogens with zero attached hydrogens (tertiary/aromatic N) is 3. The maximum atomic E-state index is 5.55. The fourth-order valence-corrected chi connectivity index (χ4v) is 1.33. The van der Waals surface area contributed by atoms with Crippen LogP contribution in [0.1, 0.15) is 0 Å². The number of hydrogen-bond donors (Lipinski definition) is 1. The Hall–Kier alpha value is -2.30. The summed E-state index contributed by atoms with van der Waals surface area (Å²) in [4.78, 5) is 9.95. The van der Waals surface area contributed by atoms with E-state index in [1.165, 1.54) is 0 Å². The van der Waals surface area contributed by atoms with E-state index in [0.29, 0.717) is 11.6 Å². The second kappa shape index (κ2) is 4.69. The van der Waals surface area contributed by atoms with Crippen molar-refractivity contribution in [1.29, 1.82) is 0 Å². The summed E-state index contributed by atoms with van der Waals surface area (Å²) in [5.41, 5.74) is 6.60. The third-order valence-corrected chi connectivity index (χ3v) is 2.20. The zero-order valence-electron chi connectivity index (χ0n) is 9.79. The zero-order valence-corrected chi connectivity index (χ0v) is 9.79. The number of nitrogen functional groups attached to an aromatic ring is 1. The summed E-state index contributed by atoms with van der Waals surface area (Å²) in [5.74, 6) is 1.07. The van der Waals surface area contributed by atoms with Crippen molar-refractivity contribution in [2.24, 2.45) is 0 Å². The highest BCUT2D eigenvalue weighted by Crippen LogP contribution is 2.23. The molecule has 0 unspecified atom stereocenters. The van der Waals surface area contributed by atoms with E-state index < -0.39 is 0 Å². The minimum Gasteiger partial charge on any atom is -0.424 e. The Bertz CT molecular complexity index is 513. The third kappa shape index (κ3) is 2.84. The highest BCUT2D eigenvalue weighted by molar-refractivity contribution is 5.49. The van der Waals surface area contributed by atoms with Crippen LogP contribution in [0.4, 0.5) is 11.5 Å². The largest absolute Gasteiger partial charge is 0.424 e. The molecule has 1 aromatic carbocycles. The Labute approximate surface area is 99.9 Å². The van der Waals surface area contributed by atoms with Gasteiger partial charge in [0.2, 0.25) is 0 Å². The lowest BCUT2D eigenvalue weighted by atomic mass is 10.3. The number of ether oxygens (including phenoxy) is 1. The standard InChI is InChI=1S/C12H14N4O/c1-16(2)9-4-3-5-10(8-9)17-12-14-7-6-11(13)15-12/h3-8H,1-2H3,(H2,13,14,15). The Kier molecular flexibility index (Phi) is 3.09. The summed E-state index contributed by atoms with van der Waals surface area (Å²) in [6, 6.07) is 9.53. The Morgan fingerprint density at radius 2 is 2.06 bits per heavy atom. The van der Waals surface area contributed by atoms with E-state index in [2.05, 4.69) is 9.97 Å². The molecule has 1 aromatic heterocycles. The summed E-state index contributed by atoms with van der Waals surface area (Å²) in [6.07, 6.45) is 1.56. The average Bonchev–Trinajstić information content (AvgIpc) is 2.29. The van der Waals surface area contributed by atoms with Gasteiger partial charge in [0.05, 0.1) is 0 Å². The van der Waals surface area contributed by atoms with Gasteiger partial charge in [-0.3, -0.25) is 0 Å². The molecule has 5 nitrogen and oxygen atoms in total. The van der Waals surface area contributed by atoms with Crippen molar-refractivity contribution in [3.8, 4) is 11.8 Å². The molecular formula is C12H14N4O. The lowest BCUT2D eigenvalue weighted by molar-refractivity contribution is 0.443. The Morgan fingerprint density at radius 3 is 2.76 bits per heavy atom. The molecule has 0 aliphatic carbocycles. The summed E-state index contributed by atoms with van der Waals surface area (Å²) in [6.45, 7) is 0. The van der Waals surface area contributed by atoms with Gasteiger partial charge in [0.1, 0.15) is 11.6 Å². The molecule has 0 fully saturated rings. The minimum absolute atomic E-state index is 0.251. The molecule has 0 bridgehead atoms. The van der Waals surface area contributed by atoms with E-state index in [-0.39, 0.29) is 6.01 Å². The molecule has 17 heavy (non-hydrogen) atoms. The van der Waals surface area contributed by atoms with E-state index in [1.807, 2.05) is 43.3 Å². The highest BCUT2D eigenvalue weighted by Gasteiger charge is 2.02. The van der Waals surface area contributed by atoms with E-state index in [4.69, 9.17) is 10.5 Å². The first kappa shape index (κ1) is 11.2. The predicted octanol–water partition coefficient (Wildman–Crippen LogP) is 1.92. The van der Waals surface area contributed by atoms with Gasteiger partial charge in [0, 0.05) is 32.0 Å². The van der Waals surface area contributed by atoms with Gasteiger partial charge >= 0.3 is 6.01 Å². The number of anilines is 2. The number of nitrogens with two attached hydrogens (primary N) is 1. The van der Waals surface area contributed by atoms with E-state index >= 15 is 0 Å². The second-order valence-electron chi connectivity index (χ2n) is 3.76. The van der Waals surface area contributed by atoms with Crippen molar-refractivity contribution in [1.82, 2.24) is 9.97 Å². The maximum Gasteiger partial charge on any atom is 0.323 e. The van der Waals surface area contributed by atoms with Gasteiger partial charge in [-0.2, -0.15) is 4.98 Å². The van der Waals surface area contributed by atoms with Crippen LogP contribution in [-0.4, -0.2) is 24.1 Å². The van der Waals surface area contributed by atoms with Gasteiger partial charge in [-0.15, -0.1) is 0 Å². The van der Waals surface area contributed by atoms with Crippen molar-refractivity contribution < 1.29 is 4.74 Å². The molecule has 0 atom stereocenters. The predicted molar refractivity (Wildman–Crippen MR) is 67.3 cm³/mol. The lowest BCUT2D eigenvalue weighted by Gasteiger charge is -2.13. The molecule has 2 N–H and O–H groups in total. The van der Waals surface area contributed by atoms with Crippen LogP contribution < -0.4 is 15.4 Å². The summed E-state index contributed by atoms with van der Waals surface area (Å²) < 4.78 is 5.52. The SMILES string of the molecule is CN(C)c1cccc(Oc2nccc(N)n2)c1. The average molecular weight is 230 g/mol. The van der Waals surface area contributed by atoms with Crippen molar-refractivity contribution >= 4 is 11.5 Å². The van der Waals surface area contributed by atoms with Crippen LogP contribution >= 0.6 is 0 Å². The fourth-order valence-electron chi connectivity index (χ4n) is 1.33. The second-order valence-corrected chi connectivity index (χ2v) is 3.76. The molecule has 0 aliphatic heterocycles. The Morgan fingerprint density at radius 1 is 1.24 bits per heavy atom. The summed E-state index contributed by atoms with van der Waals surface area (Å²) in [5, 5.41) is 0. The topological polar surface area (TPSA) is 64.3 Å². The van der Waals surface area contributed by atoms with Crippen LogP contribution in [0.5, 0.6) is 11.8 Å². The highest BCUT2D eigenvalue weighted by atomic mass is 16.5. The van der Waals surface area contributed by atoms with Crippen molar-refractivity contribution in [3.05, 3.63) is 36.5 Å². The molecule has 1 heterocycles. The molecule has 5 heteroatoms. The number of rotatable bonds is 3. The van der Waals surface area contributed by atoms with Gasteiger partial charge < -0.3 is 15.4 Å². The number of benzene rings is 1. The lowest BCUT2D eigenvalue weighted by Crippen LogP contribution is -2.08. The smallest absolute Gasteiger partial charge is 0.323 e. The molecule has 2 rings (SSSR count). The number of hydrogen-bond acceptors (Lipinski definition) is 5. The maximum absolute atomic E-state index is 5.55. The van der Waals surface area contributed by atoms with E-state index in [0.717, 1.165) is 5.69 Å². The first-order valence-corrected chi connectivity index (χ1v) is 5.19. The molecule has 0 spiro atoms. The first-order valence-electron chi connectivity index (χ1n) is 5.19. The summed E-state index contributed by atoms with van der Waals surface area (Å²) in [7, 11) is 3.94. The molecule has 0 saturated heterocycles. The molecule has 88 valence electrons. The van der Waals surface area contributed by atoms with Crippen molar-refractivity contribution in [2.45, 2.75) is 0 Å². The summed E-state index contributed by atoms with van der Waals surface area (Å²) >= 11 is 0. The molecule has 0 saturated carbocycles. The van der Waals surface area contributed by atoms with Crippen LogP contribution in [-0.2, 0) is 0 Å². The normalized spacial score (nSPS) is 10.0. The molecular weight excluding hydrogens is 216 g/mol. The fraction of sp³-hybridized carbons (Fsp3) is 0.167. The van der Waals surface area contributed by atoms with Crippen LogP contribution in [0.2, 0.25) is 0 Å². The number of aromatic nitrogens is 2. The van der Waals surface area contributed by atoms with Crippen LogP contribution in [0.15, 0.2) is 36.5 Å². The van der Waals surface area contributed by atoms with Crippen LogP contribution in [0.25, 0.3) is 0 Å².